The minimum Gasteiger partial charge on any atom is -0.356 e. The fourth-order valence-corrected chi connectivity index (χ4v) is 2.88. The summed E-state index contributed by atoms with van der Waals surface area (Å²) in [5.74, 6) is 2.32. The Morgan fingerprint density at radius 3 is 3.06 bits per heavy atom. The van der Waals surface area contributed by atoms with Crippen molar-refractivity contribution in [2.24, 2.45) is 5.92 Å². The van der Waals surface area contributed by atoms with Gasteiger partial charge in [-0.3, -0.25) is 0 Å². The van der Waals surface area contributed by atoms with Gasteiger partial charge in [-0.1, -0.05) is 0 Å². The number of nitrogens with one attached hydrogen (secondary N) is 3. The molecule has 0 bridgehead atoms. The lowest BCUT2D eigenvalue weighted by atomic mass is 9.89. The van der Waals surface area contributed by atoms with E-state index in [2.05, 4.69) is 30.7 Å². The van der Waals surface area contributed by atoms with Crippen molar-refractivity contribution < 1.29 is 0 Å². The van der Waals surface area contributed by atoms with Crippen LogP contribution in [0.25, 0.3) is 0 Å². The molecule has 1 aromatic rings. The van der Waals surface area contributed by atoms with Gasteiger partial charge < -0.3 is 16.0 Å². The fraction of sp³-hybridized carbons (Fsp3) is 0.818. The summed E-state index contributed by atoms with van der Waals surface area (Å²) in [4.78, 5) is 4.42. The molecule has 0 radical (unpaired) electrons. The van der Waals surface area contributed by atoms with Crippen LogP contribution in [0.2, 0.25) is 0 Å². The highest BCUT2D eigenvalue weighted by Gasteiger charge is 2.30. The highest BCUT2D eigenvalue weighted by atomic mass is 15.5. The standard InChI is InChI=1S/C11H20N6/c1-12-10-15-11-14-6-4-9(17(11)16-10)8-3-2-5-13-7-8/h8-9,13H,2-7H2,1H3,(H2,12,14,15,16). The number of fused-ring (bicyclic) bond motifs is 1. The Morgan fingerprint density at radius 1 is 1.35 bits per heavy atom. The van der Waals surface area contributed by atoms with Crippen molar-refractivity contribution in [1.29, 1.82) is 0 Å². The number of hydrogen-bond donors (Lipinski definition) is 3. The largest absolute Gasteiger partial charge is 0.356 e. The Balaban J connectivity index is 1.84. The summed E-state index contributed by atoms with van der Waals surface area (Å²) in [6.45, 7) is 3.27. The van der Waals surface area contributed by atoms with Gasteiger partial charge in [0.15, 0.2) is 0 Å². The molecule has 0 aliphatic carbocycles. The van der Waals surface area contributed by atoms with Gasteiger partial charge in [0.25, 0.3) is 0 Å². The molecule has 2 aliphatic rings. The Labute approximate surface area is 101 Å². The minimum absolute atomic E-state index is 0.494. The van der Waals surface area contributed by atoms with Gasteiger partial charge in [0, 0.05) is 13.6 Å². The molecule has 17 heavy (non-hydrogen) atoms. The van der Waals surface area contributed by atoms with Gasteiger partial charge in [0.1, 0.15) is 0 Å². The first-order valence-electron chi connectivity index (χ1n) is 6.47. The third-order valence-corrected chi connectivity index (χ3v) is 3.77. The second-order valence-corrected chi connectivity index (χ2v) is 4.84. The predicted octanol–water partition coefficient (Wildman–Crippen LogP) is 0.676. The maximum atomic E-state index is 4.53. The molecule has 0 spiro atoms. The van der Waals surface area contributed by atoms with E-state index in [-0.39, 0.29) is 0 Å². The smallest absolute Gasteiger partial charge is 0.243 e. The van der Waals surface area contributed by atoms with E-state index in [1.807, 2.05) is 7.05 Å². The molecular weight excluding hydrogens is 216 g/mol. The fourth-order valence-electron chi connectivity index (χ4n) is 2.88. The number of nitrogens with zero attached hydrogens (tertiary/aromatic N) is 3. The zero-order valence-corrected chi connectivity index (χ0v) is 10.2. The maximum absolute atomic E-state index is 4.53. The van der Waals surface area contributed by atoms with Crippen LogP contribution in [-0.2, 0) is 0 Å². The molecule has 3 N–H and O–H groups in total. The van der Waals surface area contributed by atoms with Crippen molar-refractivity contribution in [2.45, 2.75) is 25.3 Å². The lowest BCUT2D eigenvalue weighted by molar-refractivity contribution is 0.235. The maximum Gasteiger partial charge on any atom is 0.243 e. The summed E-state index contributed by atoms with van der Waals surface area (Å²) in [7, 11) is 1.86. The molecule has 1 aromatic heterocycles. The van der Waals surface area contributed by atoms with Crippen molar-refractivity contribution in [3.05, 3.63) is 0 Å². The highest BCUT2D eigenvalue weighted by Crippen LogP contribution is 2.32. The molecule has 0 saturated carbocycles. The molecule has 1 saturated heterocycles. The minimum atomic E-state index is 0.494. The lowest BCUT2D eigenvalue weighted by Gasteiger charge is -2.33. The van der Waals surface area contributed by atoms with Crippen LogP contribution in [0.5, 0.6) is 0 Å². The summed E-state index contributed by atoms with van der Waals surface area (Å²) in [6, 6.07) is 0.494. The average molecular weight is 236 g/mol. The number of hydrogen-bond acceptors (Lipinski definition) is 5. The first-order chi connectivity index (χ1) is 8.38. The monoisotopic (exact) mass is 236 g/mol. The van der Waals surface area contributed by atoms with Crippen molar-refractivity contribution in [3.63, 3.8) is 0 Å². The van der Waals surface area contributed by atoms with Gasteiger partial charge in [-0.15, -0.1) is 5.10 Å². The average Bonchev–Trinajstić information content (AvgIpc) is 2.82. The van der Waals surface area contributed by atoms with Gasteiger partial charge in [-0.05, 0) is 38.3 Å². The van der Waals surface area contributed by atoms with E-state index in [4.69, 9.17) is 0 Å². The molecule has 6 nitrogen and oxygen atoms in total. The molecule has 0 amide bonds. The molecule has 3 rings (SSSR count). The molecule has 1 fully saturated rings. The molecule has 3 heterocycles. The lowest BCUT2D eigenvalue weighted by Crippen LogP contribution is -2.38. The summed E-state index contributed by atoms with van der Waals surface area (Å²) in [5, 5.41) is 14.3. The summed E-state index contributed by atoms with van der Waals surface area (Å²) in [6.07, 6.45) is 3.72. The zero-order chi connectivity index (χ0) is 11.7. The Hall–Kier alpha value is -1.30. The zero-order valence-electron chi connectivity index (χ0n) is 10.2. The van der Waals surface area contributed by atoms with E-state index >= 15 is 0 Å². The summed E-state index contributed by atoms with van der Waals surface area (Å²) < 4.78 is 2.08. The molecule has 2 aliphatic heterocycles. The molecular formula is C11H20N6. The van der Waals surface area contributed by atoms with E-state index in [0.29, 0.717) is 17.9 Å². The SMILES string of the molecule is CNc1nc2n(n1)C(C1CCCNC1)CCN2. The number of piperidine rings is 1. The molecule has 0 aromatic carbocycles. The van der Waals surface area contributed by atoms with E-state index in [1.54, 1.807) is 0 Å². The first kappa shape index (κ1) is 10.8. The van der Waals surface area contributed by atoms with E-state index < -0.39 is 0 Å². The number of anilines is 2. The van der Waals surface area contributed by atoms with Crippen LogP contribution in [0.1, 0.15) is 25.3 Å². The molecule has 6 heteroatoms. The summed E-state index contributed by atoms with van der Waals surface area (Å²) in [5.41, 5.74) is 0. The van der Waals surface area contributed by atoms with Crippen LogP contribution in [0.3, 0.4) is 0 Å². The van der Waals surface area contributed by atoms with Crippen LogP contribution in [-0.4, -0.2) is 41.4 Å². The van der Waals surface area contributed by atoms with Gasteiger partial charge >= 0.3 is 0 Å². The van der Waals surface area contributed by atoms with Crippen LogP contribution in [0, 0.1) is 5.92 Å². The van der Waals surface area contributed by atoms with E-state index in [0.717, 1.165) is 32.0 Å². The second-order valence-electron chi connectivity index (χ2n) is 4.84. The normalized spacial score (nSPS) is 28.3. The Morgan fingerprint density at radius 2 is 2.29 bits per heavy atom. The van der Waals surface area contributed by atoms with Crippen LogP contribution in [0.4, 0.5) is 11.9 Å². The topological polar surface area (TPSA) is 66.8 Å². The molecule has 2 atom stereocenters. The van der Waals surface area contributed by atoms with E-state index in [1.165, 1.54) is 12.8 Å². The third kappa shape index (κ3) is 1.97. The van der Waals surface area contributed by atoms with Crippen LogP contribution >= 0.6 is 0 Å². The van der Waals surface area contributed by atoms with Crippen molar-refractivity contribution in [1.82, 2.24) is 20.1 Å². The van der Waals surface area contributed by atoms with Crippen LogP contribution in [0.15, 0.2) is 0 Å². The Bertz CT molecular complexity index is 381. The highest BCUT2D eigenvalue weighted by molar-refractivity contribution is 5.36. The Kier molecular flexibility index (Phi) is 2.88. The second kappa shape index (κ2) is 4.52. The van der Waals surface area contributed by atoms with Gasteiger partial charge in [-0.2, -0.15) is 4.98 Å². The van der Waals surface area contributed by atoms with E-state index in [9.17, 15) is 0 Å². The molecule has 2 unspecified atom stereocenters. The van der Waals surface area contributed by atoms with Gasteiger partial charge in [0.05, 0.1) is 6.04 Å². The predicted molar refractivity (Wildman–Crippen MR) is 67.3 cm³/mol. The molecule has 94 valence electrons. The van der Waals surface area contributed by atoms with Gasteiger partial charge in [0.2, 0.25) is 11.9 Å². The van der Waals surface area contributed by atoms with Crippen molar-refractivity contribution >= 4 is 11.9 Å². The summed E-state index contributed by atoms with van der Waals surface area (Å²) >= 11 is 0. The van der Waals surface area contributed by atoms with Gasteiger partial charge in [-0.25, -0.2) is 4.68 Å². The van der Waals surface area contributed by atoms with Crippen LogP contribution < -0.4 is 16.0 Å². The number of rotatable bonds is 2. The number of aromatic nitrogens is 3. The first-order valence-corrected chi connectivity index (χ1v) is 6.47. The third-order valence-electron chi connectivity index (χ3n) is 3.77. The quantitative estimate of drug-likeness (QED) is 0.704. The van der Waals surface area contributed by atoms with Crippen molar-refractivity contribution in [2.75, 3.05) is 37.3 Å². The van der Waals surface area contributed by atoms with Crippen molar-refractivity contribution in [3.8, 4) is 0 Å².